The molecule has 2 unspecified atom stereocenters. The maximum Gasteiger partial charge on any atom is 0.243 e. The number of benzene rings is 1. The number of nitrogens with one attached hydrogen (secondary N) is 7. The molecule has 0 saturated heterocycles. The molecular weight excluding hydrogens is 534 g/mol. The first-order valence-corrected chi connectivity index (χ1v) is 13.1. The molecule has 14 heteroatoms. The molecule has 0 aliphatic carbocycles. The van der Waals surface area contributed by atoms with E-state index in [9.17, 15) is 33.6 Å². The smallest absolute Gasteiger partial charge is 0.243 e. The summed E-state index contributed by atoms with van der Waals surface area (Å²) in [5.74, 6) is -3.83. The van der Waals surface area contributed by atoms with Gasteiger partial charge < -0.3 is 36.9 Å². The molecule has 1 aromatic carbocycles. The number of carbonyl (C=O) groups is 7. The van der Waals surface area contributed by atoms with Gasteiger partial charge in [0, 0.05) is 30.4 Å². The highest BCUT2D eigenvalue weighted by atomic mass is 16.2. The minimum atomic E-state index is -1.06. The minimum Gasteiger partial charge on any atom is -0.361 e. The number of fused-ring (bicyclic) bond motifs is 1. The lowest BCUT2D eigenvalue weighted by Crippen LogP contribution is -2.52. The summed E-state index contributed by atoms with van der Waals surface area (Å²) in [6.45, 7) is 4.55. The fourth-order valence-corrected chi connectivity index (χ4v) is 3.92. The number of amides is 6. The van der Waals surface area contributed by atoms with Crippen molar-refractivity contribution in [2.24, 2.45) is 5.92 Å². The van der Waals surface area contributed by atoms with E-state index < -0.39 is 60.6 Å². The predicted molar refractivity (Wildman–Crippen MR) is 149 cm³/mol. The first-order valence-electron chi connectivity index (χ1n) is 13.1. The van der Waals surface area contributed by atoms with Gasteiger partial charge in [-0.15, -0.1) is 0 Å². The number of carbonyl (C=O) groups excluding carboxylic acids is 7. The van der Waals surface area contributed by atoms with E-state index in [4.69, 9.17) is 0 Å². The lowest BCUT2D eigenvalue weighted by atomic mass is 10.0. The van der Waals surface area contributed by atoms with E-state index in [1.54, 1.807) is 20.0 Å². The van der Waals surface area contributed by atoms with Crippen molar-refractivity contribution >= 4 is 52.1 Å². The van der Waals surface area contributed by atoms with Gasteiger partial charge in [0.25, 0.3) is 0 Å². The molecule has 0 radical (unpaired) electrons. The Bertz CT molecular complexity index is 1290. The summed E-state index contributed by atoms with van der Waals surface area (Å²) in [5.41, 5.74) is 1.61. The molecule has 1 heterocycles. The van der Waals surface area contributed by atoms with Crippen LogP contribution >= 0.6 is 0 Å². The molecule has 2 atom stereocenters. The van der Waals surface area contributed by atoms with Crippen LogP contribution in [0.4, 0.5) is 0 Å². The van der Waals surface area contributed by atoms with Crippen LogP contribution in [0.2, 0.25) is 0 Å². The Morgan fingerprint density at radius 1 is 0.732 bits per heavy atom. The van der Waals surface area contributed by atoms with Gasteiger partial charge >= 0.3 is 0 Å². The van der Waals surface area contributed by atoms with Gasteiger partial charge in [-0.3, -0.25) is 33.6 Å². The van der Waals surface area contributed by atoms with Crippen LogP contribution in [-0.2, 0) is 40.0 Å². The van der Waals surface area contributed by atoms with Crippen molar-refractivity contribution in [2.75, 3.05) is 26.2 Å². The number of Topliss-reactive ketones (excluding diaryl/α,β-unsaturated/α-hetero) is 1. The summed E-state index contributed by atoms with van der Waals surface area (Å²) in [6.07, 6.45) is 1.83. The van der Waals surface area contributed by atoms with E-state index in [-0.39, 0.29) is 31.2 Å². The van der Waals surface area contributed by atoms with Gasteiger partial charge in [0.1, 0.15) is 6.04 Å². The third-order valence-corrected chi connectivity index (χ3v) is 5.99. The largest absolute Gasteiger partial charge is 0.361 e. The molecule has 0 saturated carbocycles. The Morgan fingerprint density at radius 3 is 1.90 bits per heavy atom. The number of rotatable bonds is 15. The first-order chi connectivity index (χ1) is 19.4. The molecule has 0 spiro atoms. The van der Waals surface area contributed by atoms with Crippen LogP contribution in [0.3, 0.4) is 0 Å². The van der Waals surface area contributed by atoms with Gasteiger partial charge in [0.15, 0.2) is 5.78 Å². The molecule has 0 aliphatic heterocycles. The van der Waals surface area contributed by atoms with Gasteiger partial charge in [-0.25, -0.2) is 0 Å². The Hall–Kier alpha value is -4.75. The number of ketones is 1. The number of H-pyrrole nitrogens is 1. The summed E-state index contributed by atoms with van der Waals surface area (Å²) in [6, 6.07) is 5.69. The number of hydrogen-bond donors (Lipinski definition) is 7. The van der Waals surface area contributed by atoms with Crippen LogP contribution in [0.15, 0.2) is 30.5 Å². The lowest BCUT2D eigenvalue weighted by Gasteiger charge is -2.19. The number of aromatic amines is 1. The number of aromatic nitrogens is 1. The molecule has 14 nitrogen and oxygen atoms in total. The molecule has 0 fully saturated rings. The quantitative estimate of drug-likeness (QED) is 0.133. The molecular formula is C27H37N7O7. The summed E-state index contributed by atoms with van der Waals surface area (Å²) >= 11 is 0. The number of hydrogen-bond acceptors (Lipinski definition) is 7. The topological polar surface area (TPSA) is 207 Å². The third kappa shape index (κ3) is 11.1. The van der Waals surface area contributed by atoms with Crippen LogP contribution < -0.4 is 31.9 Å². The maximum absolute atomic E-state index is 12.9. The van der Waals surface area contributed by atoms with E-state index >= 15 is 0 Å². The molecule has 2 rings (SSSR count). The Labute approximate surface area is 237 Å². The number of para-hydroxylation sites is 1. The zero-order valence-corrected chi connectivity index (χ0v) is 23.5. The molecule has 0 bridgehead atoms. The lowest BCUT2D eigenvalue weighted by molar-refractivity contribution is -0.131. The van der Waals surface area contributed by atoms with Crippen LogP contribution in [0.5, 0.6) is 0 Å². The van der Waals surface area contributed by atoms with Gasteiger partial charge in [-0.1, -0.05) is 32.0 Å². The second kappa shape index (κ2) is 15.7. The highest BCUT2D eigenvalue weighted by Gasteiger charge is 2.24. The van der Waals surface area contributed by atoms with E-state index in [1.165, 1.54) is 13.8 Å². The van der Waals surface area contributed by atoms with Crippen molar-refractivity contribution < 1.29 is 33.6 Å². The van der Waals surface area contributed by atoms with Crippen LogP contribution in [0, 0.1) is 5.92 Å². The summed E-state index contributed by atoms with van der Waals surface area (Å²) in [4.78, 5) is 87.4. The standard InChI is InChI=1S/C27H37N7O7/c1-15(2)26(16(3)35)34-25(40)14-31-22(37)11-30-23(38)12-32-27(41)21(33-24(39)13-28-17(4)36)9-18-10-29-20-8-6-5-7-19(18)20/h5-8,10,15,21,26,29H,9,11-14H2,1-4H3,(H,28,36)(H,30,38)(H,31,37)(H,32,41)(H,33,39)(H,34,40). The SMILES string of the molecule is CC(=O)NCC(=O)NC(Cc1c[nH]c2ccccc12)C(=O)NCC(=O)NCC(=O)NCC(=O)NC(C(C)=O)C(C)C. The predicted octanol–water partition coefficient (Wildman–Crippen LogP) is -1.59. The van der Waals surface area contributed by atoms with Gasteiger partial charge in [-0.05, 0) is 24.5 Å². The van der Waals surface area contributed by atoms with E-state index in [1.807, 2.05) is 24.3 Å². The average molecular weight is 572 g/mol. The molecule has 41 heavy (non-hydrogen) atoms. The zero-order chi connectivity index (χ0) is 30.5. The molecule has 222 valence electrons. The van der Waals surface area contributed by atoms with Crippen LogP contribution in [0.25, 0.3) is 10.9 Å². The molecule has 7 N–H and O–H groups in total. The van der Waals surface area contributed by atoms with Gasteiger partial charge in [0.2, 0.25) is 35.4 Å². The fraction of sp³-hybridized carbons (Fsp3) is 0.444. The monoisotopic (exact) mass is 571 g/mol. The summed E-state index contributed by atoms with van der Waals surface area (Å²) in [5, 5.41) is 15.4. The Morgan fingerprint density at radius 2 is 1.29 bits per heavy atom. The van der Waals surface area contributed by atoms with E-state index in [0.717, 1.165) is 16.5 Å². The maximum atomic E-state index is 12.9. The van der Waals surface area contributed by atoms with Crippen molar-refractivity contribution in [1.29, 1.82) is 0 Å². The highest BCUT2D eigenvalue weighted by molar-refractivity contribution is 5.94. The Kier molecular flexibility index (Phi) is 12.5. The van der Waals surface area contributed by atoms with Crippen molar-refractivity contribution in [2.45, 2.75) is 46.2 Å². The van der Waals surface area contributed by atoms with Crippen molar-refractivity contribution in [1.82, 2.24) is 36.9 Å². The average Bonchev–Trinajstić information content (AvgIpc) is 3.33. The van der Waals surface area contributed by atoms with Gasteiger partial charge in [0.05, 0.1) is 32.2 Å². The van der Waals surface area contributed by atoms with Crippen molar-refractivity contribution in [3.8, 4) is 0 Å². The summed E-state index contributed by atoms with van der Waals surface area (Å²) < 4.78 is 0. The van der Waals surface area contributed by atoms with E-state index in [2.05, 4.69) is 36.9 Å². The van der Waals surface area contributed by atoms with Crippen molar-refractivity contribution in [3.63, 3.8) is 0 Å². The highest BCUT2D eigenvalue weighted by Crippen LogP contribution is 2.19. The molecule has 0 aliphatic rings. The second-order valence-corrected chi connectivity index (χ2v) is 9.76. The van der Waals surface area contributed by atoms with Crippen LogP contribution in [0.1, 0.15) is 33.3 Å². The van der Waals surface area contributed by atoms with Crippen LogP contribution in [-0.4, -0.2) is 84.5 Å². The first kappa shape index (κ1) is 32.5. The molecule has 6 amide bonds. The minimum absolute atomic E-state index is 0.106. The normalized spacial score (nSPS) is 12.1. The molecule has 1 aromatic heterocycles. The van der Waals surface area contributed by atoms with Gasteiger partial charge in [-0.2, -0.15) is 0 Å². The summed E-state index contributed by atoms with van der Waals surface area (Å²) in [7, 11) is 0. The Balaban J connectivity index is 1.87. The fourth-order valence-electron chi connectivity index (χ4n) is 3.92. The second-order valence-electron chi connectivity index (χ2n) is 9.76. The van der Waals surface area contributed by atoms with Crippen molar-refractivity contribution in [3.05, 3.63) is 36.0 Å². The van der Waals surface area contributed by atoms with E-state index in [0.29, 0.717) is 0 Å². The molecule has 2 aromatic rings. The zero-order valence-electron chi connectivity index (χ0n) is 23.5. The third-order valence-electron chi connectivity index (χ3n) is 5.99.